The molecule has 0 radical (unpaired) electrons. The van der Waals surface area contributed by atoms with Gasteiger partial charge in [0.1, 0.15) is 0 Å². The Bertz CT molecular complexity index is 624. The quantitative estimate of drug-likeness (QED) is 0.563. The maximum Gasteiger partial charge on any atom is 0.0405 e. The molecule has 1 nitrogen and oxygen atoms in total. The molecular weight excluding hydrogens is 206 g/mol. The number of rotatable bonds is 0. The second-order valence-electron chi connectivity index (χ2n) is 5.13. The molecule has 0 saturated heterocycles. The molecule has 0 unspecified atom stereocenters. The molecule has 1 heterocycles. The summed E-state index contributed by atoms with van der Waals surface area (Å²) in [6.07, 6.45) is 3.11. The Kier molecular flexibility index (Phi) is 2.12. The van der Waals surface area contributed by atoms with Crippen LogP contribution in [0.4, 0.5) is 0 Å². The summed E-state index contributed by atoms with van der Waals surface area (Å²) < 4.78 is 0. The van der Waals surface area contributed by atoms with E-state index in [0.717, 1.165) is 12.1 Å². The molecule has 1 aromatic carbocycles. The number of hydrogen-bond donors (Lipinski definition) is 0. The molecule has 0 saturated carbocycles. The molecule has 1 heteroatoms. The van der Waals surface area contributed by atoms with Gasteiger partial charge in [0, 0.05) is 17.5 Å². The van der Waals surface area contributed by atoms with Crippen molar-refractivity contribution in [3.05, 3.63) is 51.8 Å². The first-order valence-electron chi connectivity index (χ1n) is 6.13. The van der Waals surface area contributed by atoms with E-state index in [2.05, 4.69) is 44.8 Å². The fourth-order valence-electron chi connectivity index (χ4n) is 2.68. The molecule has 0 aliphatic heterocycles. The zero-order valence-corrected chi connectivity index (χ0v) is 10.9. The van der Waals surface area contributed by atoms with Crippen LogP contribution in [0.2, 0.25) is 0 Å². The lowest BCUT2D eigenvalue weighted by molar-refractivity contribution is 1.10. The topological polar surface area (TPSA) is 12.9 Å². The van der Waals surface area contributed by atoms with Crippen molar-refractivity contribution in [2.45, 2.75) is 34.1 Å². The molecule has 0 spiro atoms. The number of pyridine rings is 1. The summed E-state index contributed by atoms with van der Waals surface area (Å²) in [5, 5.41) is 0. The van der Waals surface area contributed by atoms with Gasteiger partial charge in [0.2, 0.25) is 0 Å². The van der Waals surface area contributed by atoms with Crippen LogP contribution >= 0.6 is 0 Å². The monoisotopic (exact) mass is 223 g/mol. The highest BCUT2D eigenvalue weighted by molar-refractivity contribution is 5.78. The number of fused-ring (bicyclic) bond motifs is 3. The van der Waals surface area contributed by atoms with Gasteiger partial charge in [-0.25, -0.2) is 0 Å². The largest absolute Gasteiger partial charge is 0.261 e. The highest BCUT2D eigenvalue weighted by Gasteiger charge is 2.21. The van der Waals surface area contributed by atoms with Gasteiger partial charge in [0.15, 0.2) is 0 Å². The average Bonchev–Trinajstić information content (AvgIpc) is 2.63. The number of hydrogen-bond acceptors (Lipinski definition) is 1. The van der Waals surface area contributed by atoms with Gasteiger partial charge in [-0.05, 0) is 67.5 Å². The predicted molar refractivity (Wildman–Crippen MR) is 71.4 cm³/mol. The maximum atomic E-state index is 4.50. The van der Waals surface area contributed by atoms with Crippen LogP contribution in [0, 0.1) is 27.7 Å². The van der Waals surface area contributed by atoms with Crippen molar-refractivity contribution in [2.75, 3.05) is 0 Å². The van der Waals surface area contributed by atoms with Crippen LogP contribution < -0.4 is 0 Å². The zero-order valence-electron chi connectivity index (χ0n) is 10.9. The van der Waals surface area contributed by atoms with Crippen molar-refractivity contribution in [3.8, 4) is 11.1 Å². The Balaban J connectivity index is 2.29. The Labute approximate surface area is 103 Å². The van der Waals surface area contributed by atoms with Crippen LogP contribution in [0.5, 0.6) is 0 Å². The minimum Gasteiger partial charge on any atom is -0.261 e. The first-order valence-corrected chi connectivity index (χ1v) is 6.13. The van der Waals surface area contributed by atoms with Crippen molar-refractivity contribution in [2.24, 2.45) is 0 Å². The van der Waals surface area contributed by atoms with E-state index in [-0.39, 0.29) is 0 Å². The maximum absolute atomic E-state index is 4.50. The van der Waals surface area contributed by atoms with Crippen molar-refractivity contribution in [3.63, 3.8) is 0 Å². The van der Waals surface area contributed by atoms with Crippen molar-refractivity contribution >= 4 is 0 Å². The third kappa shape index (κ3) is 1.42. The molecular formula is C16H17N. The van der Waals surface area contributed by atoms with Gasteiger partial charge < -0.3 is 0 Å². The van der Waals surface area contributed by atoms with Gasteiger partial charge >= 0.3 is 0 Å². The third-order valence-corrected chi connectivity index (χ3v) is 4.08. The van der Waals surface area contributed by atoms with Gasteiger partial charge in [-0.3, -0.25) is 4.98 Å². The lowest BCUT2D eigenvalue weighted by Crippen LogP contribution is -1.93. The standard InChI is InChI=1S/C16H17N/c1-9-5-13-7-14-11(3)12(4)17-8-16(14)15(13)6-10(9)2/h5-6,8H,7H2,1-4H3. The second kappa shape index (κ2) is 3.43. The Morgan fingerprint density at radius 1 is 0.941 bits per heavy atom. The normalized spacial score (nSPS) is 12.5. The molecule has 1 aliphatic carbocycles. The molecule has 0 atom stereocenters. The van der Waals surface area contributed by atoms with Crippen LogP contribution in [0.3, 0.4) is 0 Å². The summed E-state index contributed by atoms with van der Waals surface area (Å²) in [6, 6.07) is 4.65. The van der Waals surface area contributed by atoms with Gasteiger partial charge in [-0.15, -0.1) is 0 Å². The Hall–Kier alpha value is -1.63. The minimum absolute atomic E-state index is 1.07. The van der Waals surface area contributed by atoms with Gasteiger partial charge in [-0.1, -0.05) is 12.1 Å². The lowest BCUT2D eigenvalue weighted by Gasteiger charge is -2.07. The molecule has 3 rings (SSSR count). The highest BCUT2D eigenvalue weighted by atomic mass is 14.7. The number of aryl methyl sites for hydroxylation is 3. The third-order valence-electron chi connectivity index (χ3n) is 4.08. The summed E-state index contributed by atoms with van der Waals surface area (Å²) in [7, 11) is 0. The summed E-state index contributed by atoms with van der Waals surface area (Å²) in [5.41, 5.74) is 10.9. The van der Waals surface area contributed by atoms with E-state index in [9.17, 15) is 0 Å². The molecule has 1 aliphatic rings. The molecule has 17 heavy (non-hydrogen) atoms. The number of nitrogens with zero attached hydrogens (tertiary/aromatic N) is 1. The van der Waals surface area contributed by atoms with E-state index < -0.39 is 0 Å². The molecule has 2 aromatic rings. The smallest absolute Gasteiger partial charge is 0.0405 e. The van der Waals surface area contributed by atoms with Gasteiger partial charge in [0.25, 0.3) is 0 Å². The number of aromatic nitrogens is 1. The fraction of sp³-hybridized carbons (Fsp3) is 0.312. The van der Waals surface area contributed by atoms with E-state index in [4.69, 9.17) is 0 Å². The van der Waals surface area contributed by atoms with E-state index in [1.54, 1.807) is 0 Å². The van der Waals surface area contributed by atoms with E-state index >= 15 is 0 Å². The first-order chi connectivity index (χ1) is 8.08. The predicted octanol–water partition coefficient (Wildman–Crippen LogP) is 3.89. The first kappa shape index (κ1) is 10.5. The van der Waals surface area contributed by atoms with Crippen LogP contribution in [-0.2, 0) is 6.42 Å². The molecule has 86 valence electrons. The highest BCUT2D eigenvalue weighted by Crippen LogP contribution is 2.39. The summed E-state index contributed by atoms with van der Waals surface area (Å²) in [6.45, 7) is 8.65. The lowest BCUT2D eigenvalue weighted by atomic mass is 10.0. The Morgan fingerprint density at radius 2 is 1.65 bits per heavy atom. The molecule has 0 N–H and O–H groups in total. The number of benzene rings is 1. The van der Waals surface area contributed by atoms with Gasteiger partial charge in [-0.2, -0.15) is 0 Å². The van der Waals surface area contributed by atoms with Crippen LogP contribution in [0.15, 0.2) is 18.3 Å². The average molecular weight is 223 g/mol. The van der Waals surface area contributed by atoms with E-state index in [0.29, 0.717) is 0 Å². The summed E-state index contributed by atoms with van der Waals surface area (Å²) in [5.74, 6) is 0. The Morgan fingerprint density at radius 3 is 2.41 bits per heavy atom. The van der Waals surface area contributed by atoms with Crippen molar-refractivity contribution in [1.82, 2.24) is 4.98 Å². The SMILES string of the molecule is Cc1cc2c(cc1C)-c1cnc(C)c(C)c1C2. The van der Waals surface area contributed by atoms with Crippen molar-refractivity contribution in [1.29, 1.82) is 0 Å². The second-order valence-corrected chi connectivity index (χ2v) is 5.13. The van der Waals surface area contributed by atoms with E-state index in [1.807, 2.05) is 6.20 Å². The van der Waals surface area contributed by atoms with E-state index in [1.165, 1.54) is 38.9 Å². The van der Waals surface area contributed by atoms with Gasteiger partial charge in [0.05, 0.1) is 0 Å². The van der Waals surface area contributed by atoms with Crippen molar-refractivity contribution < 1.29 is 0 Å². The van der Waals surface area contributed by atoms with Crippen LogP contribution in [0.1, 0.15) is 33.5 Å². The molecule has 1 aromatic heterocycles. The molecule has 0 bridgehead atoms. The fourth-order valence-corrected chi connectivity index (χ4v) is 2.68. The van der Waals surface area contributed by atoms with Crippen LogP contribution in [0.25, 0.3) is 11.1 Å². The minimum atomic E-state index is 1.07. The zero-order chi connectivity index (χ0) is 12.2. The van der Waals surface area contributed by atoms with Crippen LogP contribution in [-0.4, -0.2) is 4.98 Å². The molecule has 0 fully saturated rings. The molecule has 0 amide bonds. The summed E-state index contributed by atoms with van der Waals surface area (Å²) in [4.78, 5) is 4.50. The summed E-state index contributed by atoms with van der Waals surface area (Å²) >= 11 is 0.